The van der Waals surface area contributed by atoms with Gasteiger partial charge in [0.2, 0.25) is 0 Å². The Bertz CT molecular complexity index is 3330. The van der Waals surface area contributed by atoms with Crippen molar-refractivity contribution in [3.63, 3.8) is 0 Å². The van der Waals surface area contributed by atoms with Crippen molar-refractivity contribution in [3.8, 4) is 67.5 Å². The third-order valence-corrected chi connectivity index (χ3v) is 10.7. The summed E-state index contributed by atoms with van der Waals surface area (Å²) in [6.07, 6.45) is -0.584. The minimum absolute atomic E-state index is 0. The number of rotatable bonds is 6. The van der Waals surface area contributed by atoms with Crippen LogP contribution in [0.5, 0.6) is 5.75 Å². The molecule has 2 heterocycles. The molecule has 60 heavy (non-hydrogen) atoms. The van der Waals surface area contributed by atoms with Gasteiger partial charge in [-0.3, -0.25) is 9.55 Å². The molecule has 5 heteroatoms. The van der Waals surface area contributed by atoms with Gasteiger partial charge in [-0.1, -0.05) is 170 Å². The summed E-state index contributed by atoms with van der Waals surface area (Å²) in [5, 5.41) is 12.1. The average molecular weight is 978 g/mol. The molecule has 0 aliphatic rings. The topological polar surface area (TPSA) is 50.9 Å². The smallest absolute Gasteiger partial charge is 0.148 e. The Balaban J connectivity index is 0.00000722. The van der Waals surface area contributed by atoms with Gasteiger partial charge < -0.3 is 5.11 Å². The van der Waals surface area contributed by atoms with E-state index in [1.165, 1.54) is 0 Å². The summed E-state index contributed by atoms with van der Waals surface area (Å²) < 4.78 is 87.8. The fourth-order valence-corrected chi connectivity index (χ4v) is 7.53. The Morgan fingerprint density at radius 2 is 1.32 bits per heavy atom. The molecular formula is C55H54N3OPt-. The monoisotopic (exact) mass is 977 g/mol. The van der Waals surface area contributed by atoms with Crippen molar-refractivity contribution in [2.45, 2.75) is 85.4 Å². The fourth-order valence-electron chi connectivity index (χ4n) is 7.53. The van der Waals surface area contributed by atoms with Crippen molar-refractivity contribution in [2.75, 3.05) is 0 Å². The number of para-hydroxylation sites is 2. The van der Waals surface area contributed by atoms with Crippen LogP contribution in [0.3, 0.4) is 0 Å². The van der Waals surface area contributed by atoms with Crippen LogP contribution in [0, 0.1) is 12.9 Å². The summed E-state index contributed by atoms with van der Waals surface area (Å²) in [4.78, 5) is 9.81. The molecule has 2 aromatic heterocycles. The molecule has 8 rings (SSSR count). The molecule has 0 saturated heterocycles. The molecule has 0 atom stereocenters. The summed E-state index contributed by atoms with van der Waals surface area (Å²) in [6.45, 7) is 15.8. The zero-order valence-electron chi connectivity index (χ0n) is 45.3. The van der Waals surface area contributed by atoms with Crippen molar-refractivity contribution in [3.05, 3.63) is 168 Å². The number of phenols is 1. The SMILES string of the molecule is [2H]c1nc(-c2[c-]c(-c3cccc4c3nc(-c3cccc(C(C)(C)C)c3O)n4-c3ccc(-c4ccccc4)c(C(C)(C)C)c3)cc(C(C)(C)C)c2)c([2H])c(-c2c([2H])c([2H])c(C([2H])([2H])[2H])c([2H])c2[2H])c1[2H].[Pt]. The Morgan fingerprint density at radius 1 is 0.633 bits per heavy atom. The van der Waals surface area contributed by atoms with Gasteiger partial charge in [0.1, 0.15) is 11.6 Å². The van der Waals surface area contributed by atoms with Gasteiger partial charge in [0.25, 0.3) is 0 Å². The molecule has 306 valence electrons. The molecule has 8 aromatic rings. The Kier molecular flexibility index (Phi) is 8.42. The van der Waals surface area contributed by atoms with E-state index < -0.39 is 71.2 Å². The molecule has 0 bridgehead atoms. The van der Waals surface area contributed by atoms with Crippen LogP contribution in [0.2, 0.25) is 0 Å². The van der Waals surface area contributed by atoms with Gasteiger partial charge >= 0.3 is 0 Å². The molecule has 0 amide bonds. The molecule has 0 unspecified atom stereocenters. The summed E-state index contributed by atoms with van der Waals surface area (Å²) in [6, 6.07) is 31.3. The van der Waals surface area contributed by atoms with E-state index in [-0.39, 0.29) is 49.1 Å². The van der Waals surface area contributed by atoms with E-state index >= 15 is 0 Å². The van der Waals surface area contributed by atoms with Crippen LogP contribution in [0.15, 0.2) is 139 Å². The van der Waals surface area contributed by atoms with Crippen molar-refractivity contribution >= 4 is 11.0 Å². The van der Waals surface area contributed by atoms with E-state index in [1.807, 2.05) is 81.4 Å². The maximum absolute atomic E-state index is 12.1. The predicted molar refractivity (Wildman–Crippen MR) is 247 cm³/mol. The first-order valence-electron chi connectivity index (χ1n) is 24.8. The number of imidazole rings is 1. The molecule has 1 N–H and O–H groups in total. The minimum Gasteiger partial charge on any atom is -0.507 e. The maximum atomic E-state index is 12.1. The number of aromatic hydroxyl groups is 1. The van der Waals surface area contributed by atoms with Crippen LogP contribution in [0.1, 0.15) is 98.3 Å². The average Bonchev–Trinajstić information content (AvgIpc) is 3.66. The molecule has 0 aliphatic heterocycles. The van der Waals surface area contributed by atoms with Gasteiger partial charge in [0, 0.05) is 42.7 Å². The largest absolute Gasteiger partial charge is 0.507 e. The molecule has 0 radical (unpaired) electrons. The van der Waals surface area contributed by atoms with Crippen molar-refractivity contribution in [1.82, 2.24) is 14.5 Å². The molecule has 4 nitrogen and oxygen atoms in total. The van der Waals surface area contributed by atoms with Crippen LogP contribution >= 0.6 is 0 Å². The molecule has 0 aliphatic carbocycles. The molecule has 6 aromatic carbocycles. The van der Waals surface area contributed by atoms with Gasteiger partial charge in [-0.25, -0.2) is 4.98 Å². The molecule has 0 saturated carbocycles. The van der Waals surface area contributed by atoms with Crippen molar-refractivity contribution in [1.29, 1.82) is 0 Å². The van der Waals surface area contributed by atoms with Crippen LogP contribution in [0.25, 0.3) is 72.7 Å². The standard InChI is InChI=1S/C55H54N3O.Pt/c1-35-22-24-36(25-23-35)38-28-29-56-48(33-38)40-30-39(31-41(32-40)53(2,3)4)44-18-15-21-49-50(44)57-52(45-19-14-20-46(51(45)59)54(5,6)7)58(49)42-26-27-43(37-16-12-11-13-17-37)47(34-42)55(8,9)10;/h11-29,31-34,59H,1-10H3;/q-1;/i1D3,22D,23D,24D,25D,28D,29D,33D;. The van der Waals surface area contributed by atoms with Crippen LogP contribution in [-0.4, -0.2) is 19.6 Å². The van der Waals surface area contributed by atoms with Gasteiger partial charge in [0.05, 0.1) is 26.2 Å². The normalized spacial score (nSPS) is 14.7. The number of aromatic nitrogens is 3. The van der Waals surface area contributed by atoms with Gasteiger partial charge in [-0.05, 0) is 86.8 Å². The third-order valence-electron chi connectivity index (χ3n) is 10.7. The van der Waals surface area contributed by atoms with E-state index in [4.69, 9.17) is 17.3 Å². The van der Waals surface area contributed by atoms with Crippen molar-refractivity contribution < 1.29 is 39.9 Å². The summed E-state index contributed by atoms with van der Waals surface area (Å²) >= 11 is 0. The van der Waals surface area contributed by atoms with Gasteiger partial charge in [0.15, 0.2) is 0 Å². The quantitative estimate of drug-likeness (QED) is 0.169. The summed E-state index contributed by atoms with van der Waals surface area (Å²) in [5.41, 5.74) is 6.21. The molecular weight excluding hydrogens is 914 g/mol. The van der Waals surface area contributed by atoms with Gasteiger partial charge in [-0.15, -0.1) is 29.3 Å². The number of fused-ring (bicyclic) bond motifs is 1. The van der Waals surface area contributed by atoms with Crippen LogP contribution in [-0.2, 0) is 37.3 Å². The van der Waals surface area contributed by atoms with Crippen LogP contribution < -0.4 is 0 Å². The maximum Gasteiger partial charge on any atom is 0.148 e. The first-order chi connectivity index (χ1) is 32.1. The zero-order valence-corrected chi connectivity index (χ0v) is 37.6. The van der Waals surface area contributed by atoms with E-state index in [9.17, 15) is 6.48 Å². The van der Waals surface area contributed by atoms with Gasteiger partial charge in [-0.2, -0.15) is 0 Å². The third kappa shape index (κ3) is 8.28. The zero-order chi connectivity index (χ0) is 50.4. The van der Waals surface area contributed by atoms with Crippen molar-refractivity contribution in [2.24, 2.45) is 0 Å². The Morgan fingerprint density at radius 3 is 2.00 bits per heavy atom. The first-order valence-corrected chi connectivity index (χ1v) is 19.8. The Hall–Kier alpha value is -5.57. The number of hydrogen-bond donors (Lipinski definition) is 1. The molecule has 0 spiro atoms. The Labute approximate surface area is 384 Å². The minimum atomic E-state index is -2.96. The number of nitrogens with zero attached hydrogens (tertiary/aromatic N) is 3. The fraction of sp³-hybridized carbons (Fsp3) is 0.236. The molecule has 0 fully saturated rings. The number of pyridine rings is 1. The number of benzene rings is 6. The predicted octanol–water partition coefficient (Wildman–Crippen LogP) is 14.5. The summed E-state index contributed by atoms with van der Waals surface area (Å²) in [7, 11) is 0. The number of phenolic OH excluding ortho intramolecular Hbond substituents is 1. The van der Waals surface area contributed by atoms with E-state index in [1.54, 1.807) is 6.07 Å². The second kappa shape index (κ2) is 16.1. The number of hydrogen-bond acceptors (Lipinski definition) is 3. The first kappa shape index (κ1) is 31.3. The van der Waals surface area contributed by atoms with E-state index in [0.29, 0.717) is 28.0 Å². The summed E-state index contributed by atoms with van der Waals surface area (Å²) in [5.74, 6) is 0.627. The van der Waals surface area contributed by atoms with E-state index in [0.717, 1.165) is 39.0 Å². The second-order valence-corrected chi connectivity index (χ2v) is 18.1. The van der Waals surface area contributed by atoms with Crippen LogP contribution in [0.4, 0.5) is 0 Å². The second-order valence-electron chi connectivity index (χ2n) is 18.1. The van der Waals surface area contributed by atoms with E-state index in [2.05, 4.69) is 87.5 Å².